The maximum Gasteiger partial charge on any atom is 0.407 e. The predicted octanol–water partition coefficient (Wildman–Crippen LogP) is 4.19. The second-order valence-electron chi connectivity index (χ2n) is 8.86. The van der Waals surface area contributed by atoms with E-state index in [9.17, 15) is 9.59 Å². The molecule has 1 N–H and O–H groups in total. The fourth-order valence-electron chi connectivity index (χ4n) is 4.60. The average Bonchev–Trinajstić information content (AvgIpc) is 2.63. The fraction of sp³-hybridized carbons (Fsp3) is 0.636. The van der Waals surface area contributed by atoms with Crippen molar-refractivity contribution >= 4 is 12.1 Å². The number of amides is 1. The Morgan fingerprint density at radius 3 is 2.50 bits per heavy atom. The average molecular weight is 392 g/mol. The number of alkyl carbamates (subject to hydrolysis) is 1. The van der Waals surface area contributed by atoms with E-state index >= 15 is 0 Å². The molecule has 0 radical (unpaired) electrons. The van der Waals surface area contributed by atoms with Crippen molar-refractivity contribution in [1.82, 2.24) is 5.32 Å². The van der Waals surface area contributed by atoms with Gasteiger partial charge in [-0.05, 0) is 48.1 Å². The Hall–Kier alpha value is -2.24. The van der Waals surface area contributed by atoms with E-state index in [1.807, 2.05) is 30.3 Å². The lowest BCUT2D eigenvalue weighted by molar-refractivity contribution is -0.142. The van der Waals surface area contributed by atoms with Crippen LogP contribution in [0, 0.1) is 16.7 Å². The van der Waals surface area contributed by atoms with Crippen LogP contribution in [0.15, 0.2) is 30.3 Å². The molecule has 0 heterocycles. The Morgan fingerprint density at radius 1 is 1.11 bits per heavy atom. The number of esters is 1. The van der Waals surface area contributed by atoms with Crippen molar-refractivity contribution in [2.24, 2.45) is 16.7 Å². The summed E-state index contributed by atoms with van der Waals surface area (Å²) in [6, 6.07) is 9.41. The molecule has 6 nitrogen and oxygen atoms in total. The van der Waals surface area contributed by atoms with Gasteiger partial charge in [-0.15, -0.1) is 0 Å². The van der Waals surface area contributed by atoms with Crippen LogP contribution in [0.4, 0.5) is 4.79 Å². The van der Waals surface area contributed by atoms with E-state index in [0.29, 0.717) is 19.6 Å². The Bertz CT molecular complexity index is 646. The van der Waals surface area contributed by atoms with Crippen LogP contribution in [-0.2, 0) is 14.3 Å². The van der Waals surface area contributed by atoms with Crippen LogP contribution < -0.4 is 10.1 Å². The minimum atomic E-state index is -0.439. The molecule has 1 saturated carbocycles. The van der Waals surface area contributed by atoms with E-state index in [1.54, 1.807) is 0 Å². The maximum atomic E-state index is 12.0. The van der Waals surface area contributed by atoms with Gasteiger partial charge in [0, 0.05) is 13.0 Å². The van der Waals surface area contributed by atoms with E-state index in [4.69, 9.17) is 14.2 Å². The molecule has 1 aromatic rings. The summed E-state index contributed by atoms with van der Waals surface area (Å²) in [5.74, 6) is 0.842. The first kappa shape index (κ1) is 22.1. The zero-order chi connectivity index (χ0) is 20.6. The summed E-state index contributed by atoms with van der Waals surface area (Å²) in [5.41, 5.74) is 0.0286. The van der Waals surface area contributed by atoms with Crippen LogP contribution >= 0.6 is 0 Å². The highest BCUT2D eigenvalue weighted by Gasteiger charge is 2.42. The molecule has 0 saturated heterocycles. The molecule has 0 spiro atoms. The molecule has 1 fully saturated rings. The van der Waals surface area contributed by atoms with Crippen LogP contribution in [0.3, 0.4) is 0 Å². The minimum Gasteiger partial charge on any atom is -0.490 e. The number of hydrogen-bond acceptors (Lipinski definition) is 5. The zero-order valence-corrected chi connectivity index (χ0v) is 17.5. The van der Waals surface area contributed by atoms with E-state index in [0.717, 1.165) is 25.0 Å². The topological polar surface area (TPSA) is 73.9 Å². The lowest BCUT2D eigenvalue weighted by Gasteiger charge is -2.46. The number of nitrogens with one attached hydrogen (secondary N) is 1. The highest BCUT2D eigenvalue weighted by Crippen LogP contribution is 2.49. The molecule has 1 aliphatic carbocycles. The van der Waals surface area contributed by atoms with Crippen molar-refractivity contribution < 1.29 is 23.8 Å². The quantitative estimate of drug-likeness (QED) is 0.531. The van der Waals surface area contributed by atoms with E-state index < -0.39 is 6.09 Å². The summed E-state index contributed by atoms with van der Waals surface area (Å²) in [4.78, 5) is 23.7. The molecule has 0 aliphatic heterocycles. The highest BCUT2D eigenvalue weighted by atomic mass is 16.6. The molecule has 1 aromatic carbocycles. The van der Waals surface area contributed by atoms with E-state index in [1.165, 1.54) is 7.11 Å². The van der Waals surface area contributed by atoms with Gasteiger partial charge in [0.1, 0.15) is 19.0 Å². The van der Waals surface area contributed by atoms with Crippen LogP contribution in [0.5, 0.6) is 5.75 Å². The normalized spacial score (nSPS) is 23.5. The van der Waals surface area contributed by atoms with Crippen LogP contribution in [0.1, 0.15) is 46.5 Å². The Balaban J connectivity index is 1.75. The van der Waals surface area contributed by atoms with Gasteiger partial charge in [-0.3, -0.25) is 4.79 Å². The lowest BCUT2D eigenvalue weighted by Crippen LogP contribution is -2.44. The van der Waals surface area contributed by atoms with Crippen molar-refractivity contribution in [3.05, 3.63) is 30.3 Å². The Morgan fingerprint density at radius 2 is 1.82 bits per heavy atom. The SMILES string of the molecule is COC(=O)CC1CC(C)(C)CC(C)(CNC(=O)OCCOc2ccccc2)C1. The van der Waals surface area contributed by atoms with Crippen molar-refractivity contribution in [2.75, 3.05) is 26.9 Å². The summed E-state index contributed by atoms with van der Waals surface area (Å²) in [7, 11) is 1.43. The van der Waals surface area contributed by atoms with Gasteiger partial charge < -0.3 is 19.5 Å². The summed E-state index contributed by atoms with van der Waals surface area (Å²) >= 11 is 0. The number of ether oxygens (including phenoxy) is 3. The van der Waals surface area contributed by atoms with Gasteiger partial charge >= 0.3 is 12.1 Å². The zero-order valence-electron chi connectivity index (χ0n) is 17.5. The standard InChI is InChI=1S/C22H33NO5/c1-21(2)13-17(12-19(24)26-4)14-22(3,15-21)16-23-20(25)28-11-10-27-18-8-6-5-7-9-18/h5-9,17H,10-16H2,1-4H3,(H,23,25). The Kier molecular flexibility index (Phi) is 7.72. The molecule has 2 atom stereocenters. The minimum absolute atomic E-state index is 0.0833. The van der Waals surface area contributed by atoms with Gasteiger partial charge in [0.05, 0.1) is 7.11 Å². The van der Waals surface area contributed by atoms with Gasteiger partial charge in [0.2, 0.25) is 0 Å². The molecule has 1 aliphatic rings. The second-order valence-corrected chi connectivity index (χ2v) is 8.86. The maximum absolute atomic E-state index is 12.0. The molecule has 156 valence electrons. The number of carbonyl (C=O) groups excluding carboxylic acids is 2. The number of benzene rings is 1. The molecule has 1 amide bonds. The molecular formula is C22H33NO5. The number of carbonyl (C=O) groups is 2. The molecule has 2 unspecified atom stereocenters. The highest BCUT2D eigenvalue weighted by molar-refractivity contribution is 5.69. The summed E-state index contributed by atoms with van der Waals surface area (Å²) in [5, 5.41) is 2.88. The van der Waals surface area contributed by atoms with Gasteiger partial charge in [0.25, 0.3) is 0 Å². The van der Waals surface area contributed by atoms with Crippen LogP contribution in [-0.4, -0.2) is 38.9 Å². The third-order valence-electron chi connectivity index (χ3n) is 5.20. The lowest BCUT2D eigenvalue weighted by atomic mass is 9.60. The largest absolute Gasteiger partial charge is 0.490 e. The summed E-state index contributed by atoms with van der Waals surface area (Å²) < 4.78 is 15.6. The second kappa shape index (κ2) is 9.80. The first-order valence-corrected chi connectivity index (χ1v) is 9.87. The van der Waals surface area contributed by atoms with Crippen LogP contribution in [0.25, 0.3) is 0 Å². The number of hydrogen-bond donors (Lipinski definition) is 1. The van der Waals surface area contributed by atoms with Gasteiger partial charge in [0.15, 0.2) is 0 Å². The van der Waals surface area contributed by atoms with E-state index in [-0.39, 0.29) is 29.3 Å². The van der Waals surface area contributed by atoms with Gasteiger partial charge in [-0.1, -0.05) is 39.0 Å². The molecule has 0 aromatic heterocycles. The summed E-state index contributed by atoms with van der Waals surface area (Å²) in [6.07, 6.45) is 2.83. The third-order valence-corrected chi connectivity index (χ3v) is 5.20. The smallest absolute Gasteiger partial charge is 0.407 e. The van der Waals surface area contributed by atoms with E-state index in [2.05, 4.69) is 26.1 Å². The molecule has 0 bridgehead atoms. The molecular weight excluding hydrogens is 358 g/mol. The summed E-state index contributed by atoms with van der Waals surface area (Å²) in [6.45, 7) is 7.61. The van der Waals surface area contributed by atoms with Crippen molar-refractivity contribution in [3.8, 4) is 5.75 Å². The van der Waals surface area contributed by atoms with Gasteiger partial charge in [-0.2, -0.15) is 0 Å². The number of para-hydroxylation sites is 1. The fourth-order valence-corrected chi connectivity index (χ4v) is 4.60. The monoisotopic (exact) mass is 391 g/mol. The van der Waals surface area contributed by atoms with Crippen molar-refractivity contribution in [3.63, 3.8) is 0 Å². The van der Waals surface area contributed by atoms with Gasteiger partial charge in [-0.25, -0.2) is 4.79 Å². The van der Waals surface area contributed by atoms with Crippen LogP contribution in [0.2, 0.25) is 0 Å². The molecule has 28 heavy (non-hydrogen) atoms. The molecule has 6 heteroatoms. The Labute approximate surface area is 167 Å². The first-order valence-electron chi connectivity index (χ1n) is 9.87. The number of methoxy groups -OCH3 is 1. The van der Waals surface area contributed by atoms with Crippen molar-refractivity contribution in [2.45, 2.75) is 46.5 Å². The predicted molar refractivity (Wildman–Crippen MR) is 107 cm³/mol. The third kappa shape index (κ3) is 7.41. The first-order chi connectivity index (χ1) is 13.2. The number of rotatable bonds is 8. The van der Waals surface area contributed by atoms with Crippen molar-refractivity contribution in [1.29, 1.82) is 0 Å². The molecule has 2 rings (SSSR count).